The first-order valence-electron chi connectivity index (χ1n) is 22.1. The predicted octanol–water partition coefficient (Wildman–Crippen LogP) is 13.7. The molecule has 0 unspecified atom stereocenters. The summed E-state index contributed by atoms with van der Waals surface area (Å²) >= 11 is 0. The van der Waals surface area contributed by atoms with Crippen LogP contribution in [0.2, 0.25) is 0 Å². The van der Waals surface area contributed by atoms with Crippen molar-refractivity contribution in [1.29, 1.82) is 0 Å². The lowest BCUT2D eigenvalue weighted by atomic mass is 10.0. The molecule has 51 heavy (non-hydrogen) atoms. The quantitative estimate of drug-likeness (QED) is 0.0359. The van der Waals surface area contributed by atoms with Crippen LogP contribution in [0.5, 0.6) is 0 Å². The molecule has 0 aliphatic carbocycles. The second-order valence-electron chi connectivity index (χ2n) is 16.8. The summed E-state index contributed by atoms with van der Waals surface area (Å²) in [7, 11) is 0. The second-order valence-corrected chi connectivity index (χ2v) is 16.8. The molecular weight excluding hydrogens is 636 g/mol. The fourth-order valence-electron chi connectivity index (χ4n) is 6.52. The smallest absolute Gasteiger partial charge is 0.306 e. The third-order valence-electron chi connectivity index (χ3n) is 9.90. The maximum Gasteiger partial charge on any atom is 0.306 e. The van der Waals surface area contributed by atoms with Crippen molar-refractivity contribution in [3.8, 4) is 0 Å². The zero-order valence-electron chi connectivity index (χ0n) is 34.9. The van der Waals surface area contributed by atoms with Gasteiger partial charge in [-0.25, -0.2) is 0 Å². The van der Waals surface area contributed by atoms with Crippen LogP contribution in [0.25, 0.3) is 0 Å². The van der Waals surface area contributed by atoms with Crippen LogP contribution < -0.4 is 0 Å². The van der Waals surface area contributed by atoms with Crippen LogP contribution in [-0.2, 0) is 28.6 Å². The van der Waals surface area contributed by atoms with Gasteiger partial charge in [-0.1, -0.05) is 196 Å². The fraction of sp³-hybridized carbons (Fsp3) is 0.933. The molecule has 0 saturated heterocycles. The van der Waals surface area contributed by atoms with Gasteiger partial charge in [0.25, 0.3) is 0 Å². The second kappa shape index (κ2) is 36.8. The Labute approximate surface area is 317 Å². The van der Waals surface area contributed by atoms with E-state index >= 15 is 0 Å². The van der Waals surface area contributed by atoms with Gasteiger partial charge in [0, 0.05) is 19.3 Å². The molecule has 0 N–H and O–H groups in total. The Hall–Kier alpha value is -1.59. The lowest BCUT2D eigenvalue weighted by Gasteiger charge is -2.18. The molecule has 0 aliphatic rings. The van der Waals surface area contributed by atoms with E-state index in [0.717, 1.165) is 75.5 Å². The van der Waals surface area contributed by atoms with E-state index in [2.05, 4.69) is 41.5 Å². The molecule has 0 aliphatic heterocycles. The van der Waals surface area contributed by atoms with E-state index < -0.39 is 6.10 Å². The minimum absolute atomic E-state index is 0.0677. The minimum atomic E-state index is -0.762. The largest absolute Gasteiger partial charge is 0.462 e. The highest BCUT2D eigenvalue weighted by molar-refractivity contribution is 5.71. The fourth-order valence-corrected chi connectivity index (χ4v) is 6.52. The SMILES string of the molecule is CC(C)CCCCCCCCCCCCCC(=O)O[C@@H](COC(=O)CCCCCCCCCC(C)C)COC(=O)CCCCCCCCC(C)C. The van der Waals surface area contributed by atoms with Crippen molar-refractivity contribution >= 4 is 17.9 Å². The average Bonchev–Trinajstić information content (AvgIpc) is 3.07. The van der Waals surface area contributed by atoms with Gasteiger partial charge in [0.05, 0.1) is 0 Å². The molecule has 0 fully saturated rings. The molecule has 0 amide bonds. The van der Waals surface area contributed by atoms with Gasteiger partial charge in [-0.05, 0) is 37.0 Å². The Bertz CT molecular complexity index is 792. The summed E-state index contributed by atoms with van der Waals surface area (Å²) in [6.45, 7) is 13.6. The van der Waals surface area contributed by atoms with Gasteiger partial charge in [-0.2, -0.15) is 0 Å². The average molecular weight is 723 g/mol. The Morgan fingerprint density at radius 2 is 0.569 bits per heavy atom. The first-order valence-corrected chi connectivity index (χ1v) is 22.1. The van der Waals surface area contributed by atoms with Crippen molar-refractivity contribution in [2.45, 2.75) is 240 Å². The summed E-state index contributed by atoms with van der Waals surface area (Å²) < 4.78 is 16.7. The van der Waals surface area contributed by atoms with E-state index in [1.54, 1.807) is 0 Å². The van der Waals surface area contributed by atoms with Crippen molar-refractivity contribution in [3.05, 3.63) is 0 Å². The molecule has 0 radical (unpaired) electrons. The standard InChI is InChI=1S/C45H86O6/c1-39(2)31-25-19-13-10-8-7-9-11-15-24-30-36-45(48)51-42(38-50-44(47)35-29-23-18-17-21-27-33-41(5)6)37-49-43(46)34-28-22-16-12-14-20-26-32-40(3)4/h39-42H,7-38H2,1-6H3/t42-/m0/s1. The number of unbranched alkanes of at least 4 members (excludes halogenated alkanes) is 21. The molecule has 0 heterocycles. The van der Waals surface area contributed by atoms with Crippen LogP contribution in [0.15, 0.2) is 0 Å². The van der Waals surface area contributed by atoms with Gasteiger partial charge in [0.1, 0.15) is 13.2 Å². The summed E-state index contributed by atoms with van der Waals surface area (Å²) in [6, 6.07) is 0. The number of hydrogen-bond acceptors (Lipinski definition) is 6. The van der Waals surface area contributed by atoms with E-state index in [9.17, 15) is 14.4 Å². The highest BCUT2D eigenvalue weighted by Crippen LogP contribution is 2.16. The zero-order chi connectivity index (χ0) is 37.8. The highest BCUT2D eigenvalue weighted by atomic mass is 16.6. The topological polar surface area (TPSA) is 78.9 Å². The van der Waals surface area contributed by atoms with E-state index in [1.807, 2.05) is 0 Å². The summed E-state index contributed by atoms with van der Waals surface area (Å²) in [6.07, 6.45) is 32.5. The Balaban J connectivity index is 4.33. The molecule has 302 valence electrons. The number of esters is 3. The molecule has 0 spiro atoms. The van der Waals surface area contributed by atoms with Crippen molar-refractivity contribution in [3.63, 3.8) is 0 Å². The van der Waals surface area contributed by atoms with Crippen LogP contribution in [0.4, 0.5) is 0 Å². The molecule has 0 aromatic rings. The van der Waals surface area contributed by atoms with Crippen LogP contribution in [0.1, 0.15) is 234 Å². The highest BCUT2D eigenvalue weighted by Gasteiger charge is 2.19. The van der Waals surface area contributed by atoms with Gasteiger partial charge in [-0.15, -0.1) is 0 Å². The van der Waals surface area contributed by atoms with Gasteiger partial charge >= 0.3 is 17.9 Å². The molecule has 0 bridgehead atoms. The molecule has 6 nitrogen and oxygen atoms in total. The van der Waals surface area contributed by atoms with E-state index in [0.29, 0.717) is 19.3 Å². The molecule has 0 saturated carbocycles. The molecule has 0 aromatic heterocycles. The van der Waals surface area contributed by atoms with Crippen LogP contribution >= 0.6 is 0 Å². The Morgan fingerprint density at radius 3 is 0.843 bits per heavy atom. The minimum Gasteiger partial charge on any atom is -0.462 e. The third kappa shape index (κ3) is 39.5. The van der Waals surface area contributed by atoms with Crippen LogP contribution in [-0.4, -0.2) is 37.2 Å². The number of hydrogen-bond donors (Lipinski definition) is 0. The zero-order valence-corrected chi connectivity index (χ0v) is 34.9. The van der Waals surface area contributed by atoms with E-state index in [-0.39, 0.29) is 31.1 Å². The Morgan fingerprint density at radius 1 is 0.333 bits per heavy atom. The normalized spacial score (nSPS) is 12.2. The van der Waals surface area contributed by atoms with Gasteiger partial charge in [-0.3, -0.25) is 14.4 Å². The maximum absolute atomic E-state index is 12.7. The van der Waals surface area contributed by atoms with E-state index in [1.165, 1.54) is 116 Å². The maximum atomic E-state index is 12.7. The summed E-state index contributed by atoms with van der Waals surface area (Å²) in [5, 5.41) is 0. The molecule has 6 heteroatoms. The Kier molecular flexibility index (Phi) is 35.6. The predicted molar refractivity (Wildman–Crippen MR) is 215 cm³/mol. The van der Waals surface area contributed by atoms with Crippen LogP contribution in [0.3, 0.4) is 0 Å². The number of ether oxygens (including phenoxy) is 3. The number of carbonyl (C=O) groups excluding carboxylic acids is 3. The lowest BCUT2D eigenvalue weighted by Crippen LogP contribution is -2.30. The number of carbonyl (C=O) groups is 3. The summed E-state index contributed by atoms with van der Waals surface area (Å²) in [5.41, 5.74) is 0. The number of rotatable bonds is 38. The van der Waals surface area contributed by atoms with Crippen LogP contribution in [0, 0.1) is 17.8 Å². The third-order valence-corrected chi connectivity index (χ3v) is 9.90. The first kappa shape index (κ1) is 49.4. The monoisotopic (exact) mass is 723 g/mol. The summed E-state index contributed by atoms with van der Waals surface area (Å²) in [4.78, 5) is 37.6. The molecule has 0 rings (SSSR count). The first-order chi connectivity index (χ1) is 24.6. The van der Waals surface area contributed by atoms with Gasteiger partial charge in [0.15, 0.2) is 6.10 Å². The summed E-state index contributed by atoms with van der Waals surface area (Å²) in [5.74, 6) is 1.50. The van der Waals surface area contributed by atoms with Crippen molar-refractivity contribution in [2.75, 3.05) is 13.2 Å². The lowest BCUT2D eigenvalue weighted by molar-refractivity contribution is -0.167. The molecule has 1 atom stereocenters. The van der Waals surface area contributed by atoms with E-state index in [4.69, 9.17) is 14.2 Å². The molecular formula is C45H86O6. The van der Waals surface area contributed by atoms with Crippen molar-refractivity contribution in [1.82, 2.24) is 0 Å². The van der Waals surface area contributed by atoms with Gasteiger partial charge < -0.3 is 14.2 Å². The van der Waals surface area contributed by atoms with Crippen molar-refractivity contribution < 1.29 is 28.6 Å². The van der Waals surface area contributed by atoms with Gasteiger partial charge in [0.2, 0.25) is 0 Å². The molecule has 0 aromatic carbocycles. The van der Waals surface area contributed by atoms with Crippen molar-refractivity contribution in [2.24, 2.45) is 17.8 Å².